The van der Waals surface area contributed by atoms with Crippen molar-refractivity contribution in [1.82, 2.24) is 19.7 Å². The Kier molecular flexibility index (Phi) is 4.11. The van der Waals surface area contributed by atoms with Gasteiger partial charge in [0, 0.05) is 17.4 Å². The van der Waals surface area contributed by atoms with Gasteiger partial charge in [0.1, 0.15) is 12.2 Å². The predicted octanol–water partition coefficient (Wildman–Crippen LogP) is 2.85. The van der Waals surface area contributed by atoms with E-state index in [1.807, 2.05) is 4.68 Å². The van der Waals surface area contributed by atoms with Gasteiger partial charge in [0.05, 0.1) is 6.54 Å². The lowest BCUT2D eigenvalue weighted by atomic mass is 9.84. The first-order chi connectivity index (χ1) is 8.40. The summed E-state index contributed by atoms with van der Waals surface area (Å²) in [6, 6.07) is 0.379. The largest absolute Gasteiger partial charge is 0.295 e. The molecule has 0 aromatic carbocycles. The third-order valence-electron chi connectivity index (χ3n) is 3.68. The van der Waals surface area contributed by atoms with Crippen LogP contribution in [-0.4, -0.2) is 37.6 Å². The van der Waals surface area contributed by atoms with E-state index in [2.05, 4.69) is 58.6 Å². The Bertz CT molecular complexity index is 399. The maximum atomic E-state index is 4.40. The molecule has 0 bridgehead atoms. The van der Waals surface area contributed by atoms with Gasteiger partial charge < -0.3 is 0 Å². The second kappa shape index (κ2) is 5.29. The molecule has 2 rings (SSSR count). The van der Waals surface area contributed by atoms with Crippen LogP contribution in [0.25, 0.3) is 0 Å². The minimum Gasteiger partial charge on any atom is -0.295 e. The van der Waals surface area contributed by atoms with Crippen molar-refractivity contribution in [3.8, 4) is 0 Å². The van der Waals surface area contributed by atoms with Gasteiger partial charge in [-0.1, -0.05) is 29.8 Å². The third kappa shape index (κ3) is 2.94. The highest BCUT2D eigenvalue weighted by molar-refractivity contribution is 9.09. The lowest BCUT2D eigenvalue weighted by molar-refractivity contribution is 0.116. The molecule has 2 heterocycles. The summed E-state index contributed by atoms with van der Waals surface area (Å²) < 4.78 is 2.02. The number of halogens is 1. The standard InChI is InChI=1S/C13H23BrN4/c1-10(2)18-12(15-9-16-18)7-17-6-5-11(14)13(3,4)8-17/h9-11H,5-8H2,1-4H3. The van der Waals surface area contributed by atoms with E-state index in [4.69, 9.17) is 0 Å². The number of likely N-dealkylation sites (tertiary alicyclic amines) is 1. The number of hydrogen-bond donors (Lipinski definition) is 0. The Hall–Kier alpha value is -0.420. The van der Waals surface area contributed by atoms with Gasteiger partial charge in [-0.2, -0.15) is 5.10 Å². The Labute approximate surface area is 118 Å². The predicted molar refractivity (Wildman–Crippen MR) is 76.8 cm³/mol. The van der Waals surface area contributed by atoms with Crippen molar-refractivity contribution in [3.63, 3.8) is 0 Å². The molecule has 1 saturated heterocycles. The van der Waals surface area contributed by atoms with Crippen molar-refractivity contribution in [3.05, 3.63) is 12.2 Å². The number of hydrogen-bond acceptors (Lipinski definition) is 3. The average molecular weight is 315 g/mol. The zero-order valence-electron chi connectivity index (χ0n) is 11.7. The van der Waals surface area contributed by atoms with Crippen molar-refractivity contribution in [1.29, 1.82) is 0 Å². The zero-order chi connectivity index (χ0) is 13.3. The molecule has 1 aromatic rings. The van der Waals surface area contributed by atoms with Crippen LogP contribution in [0.4, 0.5) is 0 Å². The molecule has 0 saturated carbocycles. The molecule has 1 aliphatic heterocycles. The number of rotatable bonds is 3. The van der Waals surface area contributed by atoms with E-state index in [0.29, 0.717) is 16.3 Å². The number of piperidine rings is 1. The van der Waals surface area contributed by atoms with Gasteiger partial charge in [0.25, 0.3) is 0 Å². The maximum absolute atomic E-state index is 4.40. The average Bonchev–Trinajstić information content (AvgIpc) is 2.71. The van der Waals surface area contributed by atoms with E-state index >= 15 is 0 Å². The normalized spacial score (nSPS) is 24.7. The van der Waals surface area contributed by atoms with Crippen LogP contribution in [0, 0.1) is 5.41 Å². The molecule has 0 N–H and O–H groups in total. The molecule has 1 unspecified atom stereocenters. The first kappa shape index (κ1) is 14.0. The van der Waals surface area contributed by atoms with Gasteiger partial charge >= 0.3 is 0 Å². The molecule has 5 heteroatoms. The van der Waals surface area contributed by atoms with Crippen molar-refractivity contribution < 1.29 is 0 Å². The highest BCUT2D eigenvalue weighted by atomic mass is 79.9. The quantitative estimate of drug-likeness (QED) is 0.804. The molecule has 0 radical (unpaired) electrons. The van der Waals surface area contributed by atoms with Crippen LogP contribution in [0.5, 0.6) is 0 Å². The molecule has 0 amide bonds. The topological polar surface area (TPSA) is 34.0 Å². The number of alkyl halides is 1. The van der Waals surface area contributed by atoms with E-state index in [1.165, 1.54) is 6.42 Å². The summed E-state index contributed by atoms with van der Waals surface area (Å²) >= 11 is 3.79. The van der Waals surface area contributed by atoms with E-state index in [9.17, 15) is 0 Å². The SMILES string of the molecule is CC(C)n1ncnc1CN1CCC(Br)C(C)(C)C1. The van der Waals surface area contributed by atoms with Gasteiger partial charge in [-0.25, -0.2) is 9.67 Å². The lowest BCUT2D eigenvalue weighted by Gasteiger charge is -2.41. The minimum atomic E-state index is 0.320. The van der Waals surface area contributed by atoms with Crippen molar-refractivity contribution in [2.75, 3.05) is 13.1 Å². The molecule has 0 aliphatic carbocycles. The number of nitrogens with zero attached hydrogens (tertiary/aromatic N) is 4. The molecule has 1 fully saturated rings. The molecular weight excluding hydrogens is 292 g/mol. The second-order valence-electron chi connectivity index (χ2n) is 6.17. The monoisotopic (exact) mass is 314 g/mol. The van der Waals surface area contributed by atoms with Crippen LogP contribution in [0.15, 0.2) is 6.33 Å². The van der Waals surface area contributed by atoms with Crippen LogP contribution in [-0.2, 0) is 6.54 Å². The summed E-state index contributed by atoms with van der Waals surface area (Å²) in [7, 11) is 0. The second-order valence-corrected chi connectivity index (χ2v) is 7.28. The van der Waals surface area contributed by atoms with Crippen molar-refractivity contribution in [2.24, 2.45) is 5.41 Å². The summed E-state index contributed by atoms with van der Waals surface area (Å²) in [4.78, 5) is 7.50. The van der Waals surface area contributed by atoms with Gasteiger partial charge in [-0.15, -0.1) is 0 Å². The van der Waals surface area contributed by atoms with E-state index in [1.54, 1.807) is 6.33 Å². The summed E-state index contributed by atoms with van der Waals surface area (Å²) in [5.74, 6) is 1.08. The van der Waals surface area contributed by atoms with Crippen LogP contribution in [0.3, 0.4) is 0 Å². The fourth-order valence-electron chi connectivity index (χ4n) is 2.59. The fourth-order valence-corrected chi connectivity index (χ4v) is 2.94. The molecule has 4 nitrogen and oxygen atoms in total. The van der Waals surface area contributed by atoms with Gasteiger partial charge in [-0.05, 0) is 32.2 Å². The molecule has 1 aromatic heterocycles. The first-order valence-corrected chi connectivity index (χ1v) is 7.56. The van der Waals surface area contributed by atoms with Gasteiger partial charge in [0.2, 0.25) is 0 Å². The first-order valence-electron chi connectivity index (χ1n) is 6.65. The van der Waals surface area contributed by atoms with Crippen LogP contribution in [0.2, 0.25) is 0 Å². The Morgan fingerprint density at radius 1 is 1.50 bits per heavy atom. The molecule has 18 heavy (non-hydrogen) atoms. The molecular formula is C13H23BrN4. The zero-order valence-corrected chi connectivity index (χ0v) is 13.3. The highest BCUT2D eigenvalue weighted by Crippen LogP contribution is 2.34. The molecule has 1 aliphatic rings. The van der Waals surface area contributed by atoms with Gasteiger partial charge in [-0.3, -0.25) is 4.90 Å². The van der Waals surface area contributed by atoms with Crippen LogP contribution >= 0.6 is 15.9 Å². The third-order valence-corrected chi connectivity index (χ3v) is 5.38. The van der Waals surface area contributed by atoms with Crippen LogP contribution in [0.1, 0.15) is 46.0 Å². The van der Waals surface area contributed by atoms with E-state index < -0.39 is 0 Å². The van der Waals surface area contributed by atoms with E-state index in [-0.39, 0.29) is 0 Å². The Balaban J connectivity index is 2.04. The number of aromatic nitrogens is 3. The van der Waals surface area contributed by atoms with Crippen LogP contribution < -0.4 is 0 Å². The molecule has 0 spiro atoms. The summed E-state index contributed by atoms with van der Waals surface area (Å²) in [6.07, 6.45) is 2.86. The van der Waals surface area contributed by atoms with Crippen molar-refractivity contribution in [2.45, 2.75) is 51.5 Å². The highest BCUT2D eigenvalue weighted by Gasteiger charge is 2.34. The molecule has 102 valence electrons. The van der Waals surface area contributed by atoms with Gasteiger partial charge in [0.15, 0.2) is 0 Å². The van der Waals surface area contributed by atoms with Crippen molar-refractivity contribution >= 4 is 15.9 Å². The smallest absolute Gasteiger partial charge is 0.141 e. The Morgan fingerprint density at radius 2 is 2.22 bits per heavy atom. The van der Waals surface area contributed by atoms with E-state index in [0.717, 1.165) is 25.5 Å². The summed E-state index contributed by atoms with van der Waals surface area (Å²) in [5, 5.41) is 4.30. The maximum Gasteiger partial charge on any atom is 0.141 e. The minimum absolute atomic E-state index is 0.320. The lowest BCUT2D eigenvalue weighted by Crippen LogP contribution is -2.46. The Morgan fingerprint density at radius 3 is 2.83 bits per heavy atom. The summed E-state index contributed by atoms with van der Waals surface area (Å²) in [6.45, 7) is 12.1. The summed E-state index contributed by atoms with van der Waals surface area (Å²) in [5.41, 5.74) is 0.320. The fraction of sp³-hybridized carbons (Fsp3) is 0.846. The molecule has 1 atom stereocenters.